The molecule has 4 rings (SSSR count). The molecule has 2 aliphatic heterocycles. The zero-order valence-corrected chi connectivity index (χ0v) is 17.9. The van der Waals surface area contributed by atoms with E-state index in [2.05, 4.69) is 20.5 Å². The van der Waals surface area contributed by atoms with Gasteiger partial charge in [-0.3, -0.25) is 19.5 Å². The van der Waals surface area contributed by atoms with Crippen LogP contribution in [0.2, 0.25) is 0 Å². The molecule has 0 unspecified atom stereocenters. The maximum Gasteiger partial charge on any atom is 0.251 e. The van der Waals surface area contributed by atoms with Crippen LogP contribution in [0.4, 0.5) is 0 Å². The first-order valence-electron chi connectivity index (χ1n) is 10.7. The van der Waals surface area contributed by atoms with Gasteiger partial charge in [0.2, 0.25) is 11.8 Å². The second-order valence-corrected chi connectivity index (χ2v) is 8.34. The predicted molar refractivity (Wildman–Crippen MR) is 113 cm³/mol. The highest BCUT2D eigenvalue weighted by Crippen LogP contribution is 2.33. The Morgan fingerprint density at radius 3 is 2.45 bits per heavy atom. The molecule has 9 nitrogen and oxygen atoms in total. The summed E-state index contributed by atoms with van der Waals surface area (Å²) in [5.74, 6) is 1.07. The molecule has 31 heavy (non-hydrogen) atoms. The van der Waals surface area contributed by atoms with Gasteiger partial charge in [-0.15, -0.1) is 0 Å². The van der Waals surface area contributed by atoms with Gasteiger partial charge in [0.15, 0.2) is 5.82 Å². The third-order valence-corrected chi connectivity index (χ3v) is 6.16. The van der Waals surface area contributed by atoms with Crippen LogP contribution in [0, 0.1) is 12.8 Å². The molecule has 0 radical (unpaired) electrons. The zero-order chi connectivity index (χ0) is 22.0. The van der Waals surface area contributed by atoms with Crippen molar-refractivity contribution in [2.75, 3.05) is 19.6 Å². The van der Waals surface area contributed by atoms with Gasteiger partial charge in [0.05, 0.1) is 6.04 Å². The number of aromatic amines is 1. The number of likely N-dealkylation sites (tertiary alicyclic amines) is 2. The quantitative estimate of drug-likeness (QED) is 0.772. The number of carbonyl (C=O) groups is 3. The van der Waals surface area contributed by atoms with Gasteiger partial charge < -0.3 is 15.1 Å². The summed E-state index contributed by atoms with van der Waals surface area (Å²) in [6, 6.07) is 8.59. The molecule has 3 heterocycles. The summed E-state index contributed by atoms with van der Waals surface area (Å²) in [4.78, 5) is 45.7. The number of piperidine rings is 1. The van der Waals surface area contributed by atoms with Crippen molar-refractivity contribution in [2.24, 2.45) is 5.92 Å². The Morgan fingerprint density at radius 1 is 1.13 bits per heavy atom. The van der Waals surface area contributed by atoms with Crippen molar-refractivity contribution < 1.29 is 14.4 Å². The number of hydrogen-bond donors (Lipinski definition) is 2. The van der Waals surface area contributed by atoms with Gasteiger partial charge in [-0.1, -0.05) is 18.2 Å². The van der Waals surface area contributed by atoms with Crippen LogP contribution in [0.3, 0.4) is 0 Å². The van der Waals surface area contributed by atoms with Crippen molar-refractivity contribution in [3.8, 4) is 0 Å². The van der Waals surface area contributed by atoms with Gasteiger partial charge in [0.1, 0.15) is 5.82 Å². The molecule has 0 spiro atoms. The molecule has 2 aromatic rings. The Bertz CT molecular complexity index is 951. The van der Waals surface area contributed by atoms with Gasteiger partial charge in [0, 0.05) is 44.1 Å². The Labute approximate surface area is 181 Å². The van der Waals surface area contributed by atoms with Crippen LogP contribution >= 0.6 is 0 Å². The fourth-order valence-corrected chi connectivity index (χ4v) is 4.47. The fraction of sp³-hybridized carbons (Fsp3) is 0.500. The number of amides is 3. The number of nitrogens with one attached hydrogen (secondary N) is 2. The molecule has 1 aromatic heterocycles. The second-order valence-electron chi connectivity index (χ2n) is 8.34. The van der Waals surface area contributed by atoms with Gasteiger partial charge in [-0.05, 0) is 38.3 Å². The molecular weight excluding hydrogens is 396 g/mol. The van der Waals surface area contributed by atoms with E-state index in [1.807, 2.05) is 30.0 Å². The number of benzene rings is 1. The lowest BCUT2D eigenvalue weighted by Crippen LogP contribution is -2.45. The summed E-state index contributed by atoms with van der Waals surface area (Å²) in [7, 11) is 0. The molecule has 0 bridgehead atoms. The molecule has 2 saturated heterocycles. The first-order chi connectivity index (χ1) is 14.9. The molecule has 0 saturated carbocycles. The maximum absolute atomic E-state index is 13.4. The van der Waals surface area contributed by atoms with E-state index in [9.17, 15) is 14.4 Å². The van der Waals surface area contributed by atoms with Crippen LogP contribution in [-0.2, 0) is 9.59 Å². The fourth-order valence-electron chi connectivity index (χ4n) is 4.47. The molecule has 9 heteroatoms. The molecule has 2 atom stereocenters. The van der Waals surface area contributed by atoms with Crippen LogP contribution in [0.15, 0.2) is 30.3 Å². The third kappa shape index (κ3) is 4.60. The lowest BCUT2D eigenvalue weighted by atomic mass is 9.95. The van der Waals surface area contributed by atoms with Crippen molar-refractivity contribution in [1.82, 2.24) is 30.3 Å². The second kappa shape index (κ2) is 8.87. The highest BCUT2D eigenvalue weighted by molar-refractivity contribution is 5.94. The lowest BCUT2D eigenvalue weighted by molar-refractivity contribution is -0.141. The van der Waals surface area contributed by atoms with Gasteiger partial charge in [-0.25, -0.2) is 4.98 Å². The number of rotatable bonds is 4. The molecule has 1 aromatic carbocycles. The number of nitrogens with zero attached hydrogens (tertiary/aromatic N) is 4. The maximum atomic E-state index is 13.4. The number of aryl methyl sites for hydroxylation is 1. The van der Waals surface area contributed by atoms with E-state index >= 15 is 0 Å². The smallest absolute Gasteiger partial charge is 0.251 e. The third-order valence-electron chi connectivity index (χ3n) is 6.16. The first-order valence-corrected chi connectivity index (χ1v) is 10.7. The average molecular weight is 425 g/mol. The van der Waals surface area contributed by atoms with Gasteiger partial charge in [-0.2, -0.15) is 5.10 Å². The van der Waals surface area contributed by atoms with Crippen LogP contribution in [0.25, 0.3) is 0 Å². The van der Waals surface area contributed by atoms with Crippen molar-refractivity contribution >= 4 is 17.7 Å². The lowest BCUT2D eigenvalue weighted by Gasteiger charge is -2.34. The molecule has 3 amide bonds. The van der Waals surface area contributed by atoms with Crippen LogP contribution in [-0.4, -0.2) is 68.4 Å². The molecule has 2 fully saturated rings. The Kier molecular flexibility index (Phi) is 6.01. The first kappa shape index (κ1) is 21.0. The van der Waals surface area contributed by atoms with Crippen LogP contribution in [0.1, 0.15) is 54.2 Å². The van der Waals surface area contributed by atoms with Gasteiger partial charge in [0.25, 0.3) is 5.91 Å². The van der Waals surface area contributed by atoms with E-state index in [0.29, 0.717) is 56.1 Å². The highest BCUT2D eigenvalue weighted by Gasteiger charge is 2.41. The molecule has 164 valence electrons. The summed E-state index contributed by atoms with van der Waals surface area (Å²) in [5.41, 5.74) is 0.592. The van der Waals surface area contributed by atoms with Crippen LogP contribution in [0.5, 0.6) is 0 Å². The van der Waals surface area contributed by atoms with Crippen molar-refractivity contribution in [3.63, 3.8) is 0 Å². The van der Waals surface area contributed by atoms with E-state index in [4.69, 9.17) is 0 Å². The molecule has 2 aliphatic rings. The largest absolute Gasteiger partial charge is 0.347 e. The Balaban J connectivity index is 1.48. The van der Waals surface area contributed by atoms with Gasteiger partial charge >= 0.3 is 0 Å². The Hall–Kier alpha value is -3.23. The summed E-state index contributed by atoms with van der Waals surface area (Å²) in [6.07, 6.45) is 1.86. The van der Waals surface area contributed by atoms with E-state index in [0.717, 1.165) is 0 Å². The normalized spacial score (nSPS) is 21.9. The summed E-state index contributed by atoms with van der Waals surface area (Å²) < 4.78 is 0. The van der Waals surface area contributed by atoms with E-state index in [-0.39, 0.29) is 35.7 Å². The van der Waals surface area contributed by atoms with E-state index in [1.54, 1.807) is 24.0 Å². The number of carbonyl (C=O) groups excluding carboxylic acids is 3. The zero-order valence-electron chi connectivity index (χ0n) is 17.9. The summed E-state index contributed by atoms with van der Waals surface area (Å²) in [5, 5.41) is 10.2. The van der Waals surface area contributed by atoms with E-state index < -0.39 is 0 Å². The minimum Gasteiger partial charge on any atom is -0.347 e. The van der Waals surface area contributed by atoms with E-state index in [1.165, 1.54) is 0 Å². The number of aromatic nitrogens is 3. The van der Waals surface area contributed by atoms with Crippen molar-refractivity contribution in [3.05, 3.63) is 47.5 Å². The summed E-state index contributed by atoms with van der Waals surface area (Å²) in [6.45, 7) is 4.99. The number of hydrogen-bond acceptors (Lipinski definition) is 5. The number of H-pyrrole nitrogens is 1. The van der Waals surface area contributed by atoms with Crippen molar-refractivity contribution in [1.29, 1.82) is 0 Å². The standard InChI is InChI=1S/C22H28N6O3/c1-14-23-20(26-25-14)19-12-18(24-21(30)16-6-4-3-5-7-16)13-28(19)22(31)17-8-10-27(11-9-17)15(2)29/h3-7,17-19H,8-13H2,1-2H3,(H,24,30)(H,23,25,26)/t18-,19-/m0/s1. The predicted octanol–water partition coefficient (Wildman–Crippen LogP) is 1.44. The topological polar surface area (TPSA) is 111 Å². The SMILES string of the molecule is CC(=O)N1CCC(C(=O)N2C[C@@H](NC(=O)c3ccccc3)C[C@H]2c2n[nH]c(C)n2)CC1. The minimum atomic E-state index is -0.288. The monoisotopic (exact) mass is 424 g/mol. The Morgan fingerprint density at radius 2 is 1.84 bits per heavy atom. The van der Waals surface area contributed by atoms with Crippen LogP contribution < -0.4 is 5.32 Å². The average Bonchev–Trinajstić information content (AvgIpc) is 3.40. The molecule has 2 N–H and O–H groups in total. The molecular formula is C22H28N6O3. The molecule has 0 aliphatic carbocycles. The summed E-state index contributed by atoms with van der Waals surface area (Å²) >= 11 is 0. The van der Waals surface area contributed by atoms with Crippen molar-refractivity contribution in [2.45, 2.75) is 45.2 Å². The highest BCUT2D eigenvalue weighted by atomic mass is 16.2. The minimum absolute atomic E-state index is 0.0461.